The second-order valence-corrected chi connectivity index (χ2v) is 10.7. The van der Waals surface area contributed by atoms with E-state index in [9.17, 15) is 13.2 Å². The van der Waals surface area contributed by atoms with E-state index in [4.69, 9.17) is 4.42 Å². The van der Waals surface area contributed by atoms with Crippen molar-refractivity contribution in [2.24, 2.45) is 0 Å². The maximum atomic E-state index is 13.3. The van der Waals surface area contributed by atoms with Crippen molar-refractivity contribution in [2.45, 2.75) is 44.2 Å². The maximum Gasteiger partial charge on any atom is 0.254 e. The first-order chi connectivity index (χ1) is 14.5. The van der Waals surface area contributed by atoms with Gasteiger partial charge in [-0.05, 0) is 65.0 Å². The standard InChI is InChI=1S/C22H32N4O4S/c1-22(2,3)24-31(28,29)20-13-18(21(27)26-8-5-7-25(4)9-10-26)12-19(14-20)23-15-17-6-11-30-16-17/h6,11-14,16,23-24H,5,7-10,15H2,1-4H3. The lowest BCUT2D eigenvalue weighted by Crippen LogP contribution is -2.40. The highest BCUT2D eigenvalue weighted by Crippen LogP contribution is 2.23. The fourth-order valence-electron chi connectivity index (χ4n) is 3.47. The number of benzene rings is 1. The molecule has 1 aromatic carbocycles. The first-order valence-corrected chi connectivity index (χ1v) is 11.9. The zero-order chi connectivity index (χ0) is 22.6. The molecule has 8 nitrogen and oxygen atoms in total. The van der Waals surface area contributed by atoms with Gasteiger partial charge in [0.2, 0.25) is 10.0 Å². The summed E-state index contributed by atoms with van der Waals surface area (Å²) in [5, 5.41) is 3.21. The Kier molecular flexibility index (Phi) is 7.08. The van der Waals surface area contributed by atoms with Crippen LogP contribution in [0.5, 0.6) is 0 Å². The van der Waals surface area contributed by atoms with E-state index in [0.717, 1.165) is 25.1 Å². The minimum absolute atomic E-state index is 0.0647. The number of hydrogen-bond acceptors (Lipinski definition) is 6. The molecule has 1 aliphatic rings. The van der Waals surface area contributed by atoms with Crippen LogP contribution in [0.1, 0.15) is 43.1 Å². The Labute approximate surface area is 184 Å². The quantitative estimate of drug-likeness (QED) is 0.706. The molecule has 0 spiro atoms. The topological polar surface area (TPSA) is 94.9 Å². The molecular formula is C22H32N4O4S. The van der Waals surface area contributed by atoms with Crippen LogP contribution in [-0.4, -0.2) is 62.9 Å². The highest BCUT2D eigenvalue weighted by atomic mass is 32.2. The molecule has 1 aromatic heterocycles. The summed E-state index contributed by atoms with van der Waals surface area (Å²) in [5.41, 5.74) is 1.20. The van der Waals surface area contributed by atoms with E-state index in [0.29, 0.717) is 30.9 Å². The van der Waals surface area contributed by atoms with Gasteiger partial charge in [0.15, 0.2) is 0 Å². The second kappa shape index (κ2) is 9.42. The van der Waals surface area contributed by atoms with Crippen molar-refractivity contribution in [3.05, 3.63) is 47.9 Å². The first-order valence-electron chi connectivity index (χ1n) is 10.5. The molecule has 1 aliphatic heterocycles. The molecule has 1 saturated heterocycles. The number of likely N-dealkylation sites (N-methyl/N-ethyl adjacent to an activating group) is 1. The van der Waals surface area contributed by atoms with E-state index >= 15 is 0 Å². The third-order valence-corrected chi connectivity index (χ3v) is 6.73. The lowest BCUT2D eigenvalue weighted by Gasteiger charge is -2.23. The van der Waals surface area contributed by atoms with Gasteiger partial charge in [-0.25, -0.2) is 13.1 Å². The second-order valence-electron chi connectivity index (χ2n) is 9.04. The molecule has 9 heteroatoms. The summed E-state index contributed by atoms with van der Waals surface area (Å²) >= 11 is 0. The van der Waals surface area contributed by atoms with Gasteiger partial charge in [-0.2, -0.15) is 0 Å². The van der Waals surface area contributed by atoms with E-state index in [2.05, 4.69) is 14.9 Å². The van der Waals surface area contributed by atoms with Crippen LogP contribution in [0.3, 0.4) is 0 Å². The summed E-state index contributed by atoms with van der Waals surface area (Å²) in [4.78, 5) is 17.3. The normalized spacial score (nSPS) is 16.2. The number of rotatable bonds is 6. The molecule has 0 aliphatic carbocycles. The first kappa shape index (κ1) is 23.3. The largest absolute Gasteiger partial charge is 0.472 e. The molecule has 0 bridgehead atoms. The van der Waals surface area contributed by atoms with Crippen molar-refractivity contribution in [1.82, 2.24) is 14.5 Å². The third kappa shape index (κ3) is 6.56. The Morgan fingerprint density at radius 3 is 2.58 bits per heavy atom. The lowest BCUT2D eigenvalue weighted by atomic mass is 10.1. The van der Waals surface area contributed by atoms with Crippen LogP contribution >= 0.6 is 0 Å². The van der Waals surface area contributed by atoms with Gasteiger partial charge in [0, 0.05) is 48.5 Å². The van der Waals surface area contributed by atoms with Crippen molar-refractivity contribution < 1.29 is 17.6 Å². The number of carbonyl (C=O) groups is 1. The Balaban J connectivity index is 1.92. The van der Waals surface area contributed by atoms with Crippen LogP contribution in [0.15, 0.2) is 46.1 Å². The number of amides is 1. The van der Waals surface area contributed by atoms with Gasteiger partial charge < -0.3 is 19.5 Å². The summed E-state index contributed by atoms with van der Waals surface area (Å²) in [6.07, 6.45) is 4.09. The zero-order valence-electron chi connectivity index (χ0n) is 18.6. The summed E-state index contributed by atoms with van der Waals surface area (Å²) < 4.78 is 33.7. The molecular weight excluding hydrogens is 416 g/mol. The lowest BCUT2D eigenvalue weighted by molar-refractivity contribution is 0.0762. The zero-order valence-corrected chi connectivity index (χ0v) is 19.5. The summed E-state index contributed by atoms with van der Waals surface area (Å²) in [7, 11) is -1.76. The van der Waals surface area contributed by atoms with Crippen molar-refractivity contribution in [2.75, 3.05) is 38.5 Å². The third-order valence-electron chi connectivity index (χ3n) is 4.99. The monoisotopic (exact) mass is 448 g/mol. The van der Waals surface area contributed by atoms with Gasteiger partial charge >= 0.3 is 0 Å². The molecule has 3 rings (SSSR count). The average Bonchev–Trinajstić information content (AvgIpc) is 3.11. The molecule has 1 amide bonds. The predicted octanol–water partition coefficient (Wildman–Crippen LogP) is 2.75. The number of hydrogen-bond donors (Lipinski definition) is 2. The molecule has 2 aromatic rings. The summed E-state index contributed by atoms with van der Waals surface area (Å²) in [5.74, 6) is -0.158. The molecule has 0 unspecified atom stereocenters. The molecule has 2 N–H and O–H groups in total. The van der Waals surface area contributed by atoms with Crippen LogP contribution in [0.4, 0.5) is 5.69 Å². The maximum absolute atomic E-state index is 13.3. The number of nitrogens with zero attached hydrogens (tertiary/aromatic N) is 2. The Morgan fingerprint density at radius 2 is 1.90 bits per heavy atom. The van der Waals surface area contributed by atoms with Crippen LogP contribution in [0.25, 0.3) is 0 Å². The summed E-state index contributed by atoms with van der Waals surface area (Å²) in [6.45, 7) is 8.80. The molecule has 170 valence electrons. The molecule has 31 heavy (non-hydrogen) atoms. The molecule has 1 fully saturated rings. The van der Waals surface area contributed by atoms with Gasteiger partial charge in [0.25, 0.3) is 5.91 Å². The van der Waals surface area contributed by atoms with Gasteiger partial charge in [-0.15, -0.1) is 0 Å². The number of nitrogens with one attached hydrogen (secondary N) is 2. The van der Waals surface area contributed by atoms with E-state index < -0.39 is 15.6 Å². The molecule has 2 heterocycles. The summed E-state index contributed by atoms with van der Waals surface area (Å²) in [6, 6.07) is 6.57. The predicted molar refractivity (Wildman–Crippen MR) is 121 cm³/mol. The van der Waals surface area contributed by atoms with Crippen LogP contribution in [-0.2, 0) is 16.6 Å². The Morgan fingerprint density at radius 1 is 1.13 bits per heavy atom. The van der Waals surface area contributed by atoms with Crippen molar-refractivity contribution in [3.63, 3.8) is 0 Å². The average molecular weight is 449 g/mol. The van der Waals surface area contributed by atoms with Crippen LogP contribution in [0, 0.1) is 0 Å². The van der Waals surface area contributed by atoms with Crippen molar-refractivity contribution >= 4 is 21.6 Å². The van der Waals surface area contributed by atoms with Crippen LogP contribution in [0.2, 0.25) is 0 Å². The van der Waals surface area contributed by atoms with Crippen molar-refractivity contribution in [3.8, 4) is 0 Å². The number of carbonyl (C=O) groups excluding carboxylic acids is 1. The van der Waals surface area contributed by atoms with E-state index in [1.807, 2.05) is 13.1 Å². The fourth-order valence-corrected chi connectivity index (χ4v) is 4.96. The number of furan rings is 1. The van der Waals surface area contributed by atoms with Crippen molar-refractivity contribution in [1.29, 1.82) is 0 Å². The number of anilines is 1. The van der Waals surface area contributed by atoms with Gasteiger partial charge in [-0.3, -0.25) is 4.79 Å². The SMILES string of the molecule is CN1CCCN(C(=O)c2cc(NCc3ccoc3)cc(S(=O)(=O)NC(C)(C)C)c2)CC1. The molecule has 0 saturated carbocycles. The molecule has 0 atom stereocenters. The highest BCUT2D eigenvalue weighted by Gasteiger charge is 2.25. The van der Waals surface area contributed by atoms with E-state index in [1.165, 1.54) is 6.07 Å². The molecule has 0 radical (unpaired) electrons. The van der Waals surface area contributed by atoms with E-state index in [-0.39, 0.29) is 10.8 Å². The Bertz CT molecular complexity index is 997. The minimum Gasteiger partial charge on any atom is -0.472 e. The van der Waals surface area contributed by atoms with Crippen LogP contribution < -0.4 is 10.0 Å². The number of sulfonamides is 1. The fraction of sp³-hybridized carbons (Fsp3) is 0.500. The minimum atomic E-state index is -3.80. The van der Waals surface area contributed by atoms with E-state index in [1.54, 1.807) is 50.3 Å². The smallest absolute Gasteiger partial charge is 0.254 e. The van der Waals surface area contributed by atoms with Gasteiger partial charge in [0.1, 0.15) is 0 Å². The highest BCUT2D eigenvalue weighted by molar-refractivity contribution is 7.89. The Hall–Kier alpha value is -2.36. The van der Waals surface area contributed by atoms with Gasteiger partial charge in [0.05, 0.1) is 17.4 Å². The van der Waals surface area contributed by atoms with Gasteiger partial charge in [-0.1, -0.05) is 0 Å².